The van der Waals surface area contributed by atoms with Crippen LogP contribution >= 0.6 is 0 Å². The van der Waals surface area contributed by atoms with Crippen LogP contribution in [0.5, 0.6) is 0 Å². The fourth-order valence-corrected chi connectivity index (χ4v) is 2.66. The van der Waals surface area contributed by atoms with Crippen molar-refractivity contribution in [1.82, 2.24) is 5.32 Å². The molecule has 1 atom stereocenters. The predicted octanol–water partition coefficient (Wildman–Crippen LogP) is 4.10. The predicted molar refractivity (Wildman–Crippen MR) is 101 cm³/mol. The van der Waals surface area contributed by atoms with Gasteiger partial charge in [0.25, 0.3) is 0 Å². The van der Waals surface area contributed by atoms with Gasteiger partial charge in [-0.25, -0.2) is 0 Å². The molecule has 24 heavy (non-hydrogen) atoms. The molecule has 0 aliphatic rings. The normalized spacial score (nSPS) is 12.6. The van der Waals surface area contributed by atoms with E-state index in [0.717, 1.165) is 38.5 Å². The summed E-state index contributed by atoms with van der Waals surface area (Å²) in [5, 5.41) is 21.1. The second-order valence-corrected chi connectivity index (χ2v) is 6.59. The summed E-state index contributed by atoms with van der Waals surface area (Å²) in [6.07, 6.45) is 18.0. The molecule has 0 saturated carbocycles. The van der Waals surface area contributed by atoms with Crippen molar-refractivity contribution >= 4 is 5.91 Å². The molecular formula is C20H39NO3. The van der Waals surface area contributed by atoms with Crippen molar-refractivity contribution in [3.63, 3.8) is 0 Å². The van der Waals surface area contributed by atoms with Gasteiger partial charge >= 0.3 is 0 Å². The molecule has 0 fully saturated rings. The molecule has 0 bridgehead atoms. The number of carbonyl (C=O) groups excluding carboxylic acids is 1. The van der Waals surface area contributed by atoms with Crippen LogP contribution in [-0.4, -0.2) is 35.4 Å². The molecule has 0 rings (SSSR count). The third-order valence-electron chi connectivity index (χ3n) is 4.17. The molecule has 3 N–H and O–H groups in total. The zero-order valence-electron chi connectivity index (χ0n) is 15.6. The maximum absolute atomic E-state index is 11.3. The van der Waals surface area contributed by atoms with E-state index in [-0.39, 0.29) is 18.6 Å². The topological polar surface area (TPSA) is 69.6 Å². The lowest BCUT2D eigenvalue weighted by molar-refractivity contribution is -0.121. The standard InChI is InChI=1S/C20H39NO3/c1-2-3-4-11-14-19(23)15-12-9-7-5-6-8-10-13-16-20(24)21-17-18-22/h9,12,19,22-23H,2-8,10-11,13-18H2,1H3,(H,21,24)/b12-9-/t19-/m1/s1. The van der Waals surface area contributed by atoms with Crippen molar-refractivity contribution < 1.29 is 15.0 Å². The summed E-state index contributed by atoms with van der Waals surface area (Å²) < 4.78 is 0. The number of aliphatic hydroxyl groups is 2. The Morgan fingerprint density at radius 3 is 2.46 bits per heavy atom. The third kappa shape index (κ3) is 17.5. The fraction of sp³-hybridized carbons (Fsp3) is 0.850. The molecular weight excluding hydrogens is 302 g/mol. The summed E-state index contributed by atoms with van der Waals surface area (Å²) >= 11 is 0. The van der Waals surface area contributed by atoms with Crippen molar-refractivity contribution in [2.75, 3.05) is 13.2 Å². The quantitative estimate of drug-likeness (QED) is 0.275. The first-order valence-corrected chi connectivity index (χ1v) is 9.91. The summed E-state index contributed by atoms with van der Waals surface area (Å²) in [5.74, 6) is 0.0419. The van der Waals surface area contributed by atoms with Crippen LogP contribution in [0.4, 0.5) is 0 Å². The van der Waals surface area contributed by atoms with Crippen LogP contribution in [-0.2, 0) is 4.79 Å². The van der Waals surface area contributed by atoms with Crippen LogP contribution in [0.1, 0.15) is 90.4 Å². The second-order valence-electron chi connectivity index (χ2n) is 6.59. The van der Waals surface area contributed by atoms with Gasteiger partial charge in [-0.05, 0) is 32.1 Å². The molecule has 0 aliphatic carbocycles. The highest BCUT2D eigenvalue weighted by Crippen LogP contribution is 2.10. The van der Waals surface area contributed by atoms with Crippen molar-refractivity contribution in [2.45, 2.75) is 96.5 Å². The average molecular weight is 342 g/mol. The number of amides is 1. The SMILES string of the molecule is CCCCCC[C@@H](O)C/C=C\CCCCCCCC(=O)NCCO. The Morgan fingerprint density at radius 2 is 1.71 bits per heavy atom. The summed E-state index contributed by atoms with van der Waals surface area (Å²) in [7, 11) is 0. The fourth-order valence-electron chi connectivity index (χ4n) is 2.66. The van der Waals surface area contributed by atoms with Gasteiger partial charge in [-0.15, -0.1) is 0 Å². The van der Waals surface area contributed by atoms with Crippen LogP contribution in [0.3, 0.4) is 0 Å². The van der Waals surface area contributed by atoms with Crippen molar-refractivity contribution in [3.05, 3.63) is 12.2 Å². The summed E-state index contributed by atoms with van der Waals surface area (Å²) in [5.41, 5.74) is 0. The number of carbonyl (C=O) groups is 1. The minimum absolute atomic E-state index is 0.00907. The zero-order valence-corrected chi connectivity index (χ0v) is 15.6. The smallest absolute Gasteiger partial charge is 0.220 e. The van der Waals surface area contributed by atoms with Gasteiger partial charge < -0.3 is 15.5 Å². The highest BCUT2D eigenvalue weighted by Gasteiger charge is 2.01. The number of hydrogen-bond acceptors (Lipinski definition) is 3. The molecule has 4 heteroatoms. The summed E-state index contributed by atoms with van der Waals surface area (Å²) in [4.78, 5) is 11.3. The lowest BCUT2D eigenvalue weighted by atomic mass is 10.1. The van der Waals surface area contributed by atoms with Gasteiger partial charge in [-0.1, -0.05) is 64.0 Å². The molecule has 142 valence electrons. The van der Waals surface area contributed by atoms with Crippen molar-refractivity contribution in [1.29, 1.82) is 0 Å². The summed E-state index contributed by atoms with van der Waals surface area (Å²) in [6.45, 7) is 2.57. The Bertz CT molecular complexity index is 305. The molecule has 0 aromatic heterocycles. The van der Waals surface area contributed by atoms with Crippen molar-refractivity contribution in [2.24, 2.45) is 0 Å². The Balaban J connectivity index is 3.30. The number of unbranched alkanes of at least 4 members (excludes halogenated alkanes) is 8. The van der Waals surface area contributed by atoms with Crippen LogP contribution in [0.15, 0.2) is 12.2 Å². The molecule has 0 radical (unpaired) electrons. The Morgan fingerprint density at radius 1 is 1.00 bits per heavy atom. The maximum atomic E-state index is 11.3. The van der Waals surface area contributed by atoms with E-state index in [4.69, 9.17) is 5.11 Å². The molecule has 0 aromatic rings. The van der Waals surface area contributed by atoms with Gasteiger partial charge in [0.15, 0.2) is 0 Å². The van der Waals surface area contributed by atoms with Crippen LogP contribution < -0.4 is 5.32 Å². The zero-order chi connectivity index (χ0) is 17.9. The van der Waals surface area contributed by atoms with E-state index in [1.165, 1.54) is 38.5 Å². The van der Waals surface area contributed by atoms with Gasteiger partial charge in [0, 0.05) is 13.0 Å². The molecule has 0 heterocycles. The molecule has 0 aliphatic heterocycles. The number of hydrogen-bond donors (Lipinski definition) is 3. The van der Waals surface area contributed by atoms with E-state index < -0.39 is 0 Å². The Labute approximate surface area is 148 Å². The number of nitrogens with one attached hydrogen (secondary N) is 1. The maximum Gasteiger partial charge on any atom is 0.220 e. The number of aliphatic hydroxyl groups excluding tert-OH is 2. The minimum atomic E-state index is -0.171. The molecule has 0 saturated heterocycles. The highest BCUT2D eigenvalue weighted by atomic mass is 16.3. The first-order valence-electron chi connectivity index (χ1n) is 9.91. The number of rotatable bonds is 17. The number of allylic oxidation sites excluding steroid dienone is 1. The van der Waals surface area contributed by atoms with E-state index in [1.54, 1.807) is 0 Å². The third-order valence-corrected chi connectivity index (χ3v) is 4.17. The van der Waals surface area contributed by atoms with E-state index in [9.17, 15) is 9.90 Å². The van der Waals surface area contributed by atoms with Gasteiger partial charge in [-0.3, -0.25) is 4.79 Å². The lowest BCUT2D eigenvalue weighted by Crippen LogP contribution is -2.25. The van der Waals surface area contributed by atoms with Crippen molar-refractivity contribution in [3.8, 4) is 0 Å². The first kappa shape index (κ1) is 23.1. The lowest BCUT2D eigenvalue weighted by Gasteiger charge is -2.07. The van der Waals surface area contributed by atoms with E-state index >= 15 is 0 Å². The largest absolute Gasteiger partial charge is 0.395 e. The monoisotopic (exact) mass is 341 g/mol. The van der Waals surface area contributed by atoms with Gasteiger partial charge in [-0.2, -0.15) is 0 Å². The van der Waals surface area contributed by atoms with E-state index in [0.29, 0.717) is 13.0 Å². The first-order chi connectivity index (χ1) is 11.7. The van der Waals surface area contributed by atoms with Crippen LogP contribution in [0.2, 0.25) is 0 Å². The molecule has 0 unspecified atom stereocenters. The second kappa shape index (κ2) is 18.5. The highest BCUT2D eigenvalue weighted by molar-refractivity contribution is 5.75. The van der Waals surface area contributed by atoms with Gasteiger partial charge in [0.05, 0.1) is 12.7 Å². The Kier molecular flexibility index (Phi) is 17.8. The molecule has 0 aromatic carbocycles. The van der Waals surface area contributed by atoms with Gasteiger partial charge in [0.1, 0.15) is 0 Å². The molecule has 4 nitrogen and oxygen atoms in total. The van der Waals surface area contributed by atoms with Gasteiger partial charge in [0.2, 0.25) is 5.91 Å². The van der Waals surface area contributed by atoms with E-state index in [1.807, 2.05) is 0 Å². The van der Waals surface area contributed by atoms with E-state index in [2.05, 4.69) is 24.4 Å². The molecule has 0 spiro atoms. The molecule has 1 amide bonds. The average Bonchev–Trinajstić information content (AvgIpc) is 2.58. The summed E-state index contributed by atoms with van der Waals surface area (Å²) in [6, 6.07) is 0. The van der Waals surface area contributed by atoms with Crippen LogP contribution in [0, 0.1) is 0 Å². The van der Waals surface area contributed by atoms with Crippen LogP contribution in [0.25, 0.3) is 0 Å². The Hall–Kier alpha value is -0.870. The minimum Gasteiger partial charge on any atom is -0.395 e.